The molecule has 0 atom stereocenters. The zero-order chi connectivity index (χ0) is 13.3. The van der Waals surface area contributed by atoms with Crippen molar-refractivity contribution in [2.45, 2.75) is 31.6 Å². The van der Waals surface area contributed by atoms with E-state index >= 15 is 0 Å². The Bertz CT molecular complexity index is 538. The number of benzene rings is 1. The average molecular weight is 332 g/mol. The van der Waals surface area contributed by atoms with Crippen molar-refractivity contribution in [2.24, 2.45) is 5.92 Å². The van der Waals surface area contributed by atoms with Crippen LogP contribution in [0.15, 0.2) is 27.6 Å². The van der Waals surface area contributed by atoms with E-state index in [1.807, 2.05) is 13.8 Å². The molecule has 0 spiro atoms. The highest BCUT2D eigenvalue weighted by Gasteiger charge is 2.30. The summed E-state index contributed by atoms with van der Waals surface area (Å²) in [6.45, 7) is 4.99. The van der Waals surface area contributed by atoms with Crippen molar-refractivity contribution in [2.75, 3.05) is 13.1 Å². The molecule has 2 rings (SSSR count). The fourth-order valence-corrected chi connectivity index (χ4v) is 3.77. The number of rotatable bonds is 5. The third-order valence-electron chi connectivity index (χ3n) is 3.28. The smallest absolute Gasteiger partial charge is 0.207 e. The van der Waals surface area contributed by atoms with Gasteiger partial charge in [0.05, 0.1) is 4.90 Å². The highest BCUT2D eigenvalue weighted by molar-refractivity contribution is 9.10. The SMILES string of the molecule is CCN(CC1CC1)S(=O)(=O)c1ccc(Br)c(C)c1. The van der Waals surface area contributed by atoms with Gasteiger partial charge in [0.15, 0.2) is 0 Å². The fraction of sp³-hybridized carbons (Fsp3) is 0.538. The Morgan fingerprint density at radius 1 is 1.39 bits per heavy atom. The lowest BCUT2D eigenvalue weighted by molar-refractivity contribution is 0.412. The average Bonchev–Trinajstić information content (AvgIpc) is 3.13. The summed E-state index contributed by atoms with van der Waals surface area (Å²) >= 11 is 3.39. The van der Waals surface area contributed by atoms with Crippen molar-refractivity contribution in [1.82, 2.24) is 4.31 Å². The van der Waals surface area contributed by atoms with E-state index in [9.17, 15) is 8.42 Å². The van der Waals surface area contributed by atoms with Gasteiger partial charge < -0.3 is 0 Å². The molecule has 5 heteroatoms. The molecule has 0 saturated heterocycles. The minimum atomic E-state index is -3.33. The van der Waals surface area contributed by atoms with E-state index in [1.165, 1.54) is 0 Å². The maximum atomic E-state index is 12.5. The summed E-state index contributed by atoms with van der Waals surface area (Å²) in [5, 5.41) is 0. The number of aryl methyl sites for hydroxylation is 1. The number of halogens is 1. The maximum Gasteiger partial charge on any atom is 0.243 e. The molecule has 0 aromatic heterocycles. The summed E-state index contributed by atoms with van der Waals surface area (Å²) in [6.07, 6.45) is 2.32. The van der Waals surface area contributed by atoms with Crippen molar-refractivity contribution in [3.05, 3.63) is 28.2 Å². The topological polar surface area (TPSA) is 37.4 Å². The fourth-order valence-electron chi connectivity index (χ4n) is 1.91. The molecule has 0 aliphatic heterocycles. The molecule has 0 unspecified atom stereocenters. The van der Waals surface area contributed by atoms with Gasteiger partial charge >= 0.3 is 0 Å². The van der Waals surface area contributed by atoms with Gasteiger partial charge in [-0.3, -0.25) is 0 Å². The standard InChI is InChI=1S/C13H18BrNO2S/c1-3-15(9-11-4-5-11)18(16,17)12-6-7-13(14)10(2)8-12/h6-8,11H,3-5,9H2,1-2H3. The molecule has 1 aromatic rings. The second-order valence-electron chi connectivity index (χ2n) is 4.81. The van der Waals surface area contributed by atoms with E-state index in [2.05, 4.69) is 15.9 Å². The number of hydrogen-bond donors (Lipinski definition) is 0. The van der Waals surface area contributed by atoms with Crippen molar-refractivity contribution in [1.29, 1.82) is 0 Å². The first-order valence-electron chi connectivity index (χ1n) is 6.21. The molecule has 1 aliphatic rings. The van der Waals surface area contributed by atoms with Crippen LogP contribution in [0.4, 0.5) is 0 Å². The lowest BCUT2D eigenvalue weighted by atomic mass is 10.2. The summed E-state index contributed by atoms with van der Waals surface area (Å²) in [6, 6.07) is 5.20. The van der Waals surface area contributed by atoms with Gasteiger partial charge in [-0.1, -0.05) is 22.9 Å². The molecule has 0 heterocycles. The lowest BCUT2D eigenvalue weighted by Crippen LogP contribution is -2.32. The van der Waals surface area contributed by atoms with Gasteiger partial charge in [-0.05, 0) is 49.4 Å². The van der Waals surface area contributed by atoms with E-state index in [0.29, 0.717) is 23.9 Å². The predicted octanol–water partition coefficient (Wildman–Crippen LogP) is 3.18. The zero-order valence-electron chi connectivity index (χ0n) is 10.7. The predicted molar refractivity (Wildman–Crippen MR) is 76.0 cm³/mol. The van der Waals surface area contributed by atoms with Crippen molar-refractivity contribution < 1.29 is 8.42 Å². The maximum absolute atomic E-state index is 12.5. The third kappa shape index (κ3) is 2.95. The van der Waals surface area contributed by atoms with Crippen LogP contribution in [0.25, 0.3) is 0 Å². The van der Waals surface area contributed by atoms with Gasteiger partial charge in [-0.25, -0.2) is 8.42 Å². The van der Waals surface area contributed by atoms with Crippen LogP contribution in [-0.4, -0.2) is 25.8 Å². The van der Waals surface area contributed by atoms with Crippen molar-refractivity contribution >= 4 is 26.0 Å². The van der Waals surface area contributed by atoms with Crippen molar-refractivity contribution in [3.8, 4) is 0 Å². The Balaban J connectivity index is 2.29. The minimum absolute atomic E-state index is 0.394. The molecule has 0 radical (unpaired) electrons. The first-order valence-corrected chi connectivity index (χ1v) is 8.44. The zero-order valence-corrected chi connectivity index (χ0v) is 13.1. The summed E-state index contributed by atoms with van der Waals surface area (Å²) in [4.78, 5) is 0.394. The summed E-state index contributed by atoms with van der Waals surface area (Å²) in [5.41, 5.74) is 0.943. The van der Waals surface area contributed by atoms with Crippen LogP contribution in [-0.2, 0) is 10.0 Å². The Hall–Kier alpha value is -0.390. The van der Waals surface area contributed by atoms with Crippen LogP contribution in [0, 0.1) is 12.8 Å². The third-order valence-corrected chi connectivity index (χ3v) is 6.11. The summed E-state index contributed by atoms with van der Waals surface area (Å²) in [7, 11) is -3.33. The molecule has 3 nitrogen and oxygen atoms in total. The van der Waals surface area contributed by atoms with E-state index in [1.54, 1.807) is 22.5 Å². The number of sulfonamides is 1. The monoisotopic (exact) mass is 331 g/mol. The second kappa shape index (κ2) is 5.31. The van der Waals surface area contributed by atoms with Crippen molar-refractivity contribution in [3.63, 3.8) is 0 Å². The molecule has 1 aliphatic carbocycles. The van der Waals surface area contributed by atoms with Crippen LogP contribution in [0.5, 0.6) is 0 Å². The Labute approximate surface area is 117 Å². The van der Waals surface area contributed by atoms with Gasteiger partial charge in [0.2, 0.25) is 10.0 Å². The molecular formula is C13H18BrNO2S. The second-order valence-corrected chi connectivity index (χ2v) is 7.60. The van der Waals surface area contributed by atoms with Gasteiger partial charge in [-0.15, -0.1) is 0 Å². The quantitative estimate of drug-likeness (QED) is 0.830. The van der Waals surface area contributed by atoms with Crippen LogP contribution in [0.1, 0.15) is 25.3 Å². The number of nitrogens with zero attached hydrogens (tertiary/aromatic N) is 1. The van der Waals surface area contributed by atoms with Crippen LogP contribution in [0.2, 0.25) is 0 Å². The molecule has 0 N–H and O–H groups in total. The van der Waals surface area contributed by atoms with Gasteiger partial charge in [0, 0.05) is 17.6 Å². The Kier molecular flexibility index (Phi) is 4.14. The molecule has 0 amide bonds. The highest BCUT2D eigenvalue weighted by Crippen LogP contribution is 2.32. The summed E-state index contributed by atoms with van der Waals surface area (Å²) in [5.74, 6) is 0.566. The molecule has 18 heavy (non-hydrogen) atoms. The van der Waals surface area contributed by atoms with Gasteiger partial charge in [0.1, 0.15) is 0 Å². The molecule has 1 aromatic carbocycles. The molecule has 0 bridgehead atoms. The molecule has 100 valence electrons. The lowest BCUT2D eigenvalue weighted by Gasteiger charge is -2.20. The Morgan fingerprint density at radius 2 is 2.06 bits per heavy atom. The Morgan fingerprint density at radius 3 is 2.56 bits per heavy atom. The summed E-state index contributed by atoms with van der Waals surface area (Å²) < 4.78 is 27.5. The highest BCUT2D eigenvalue weighted by atomic mass is 79.9. The molecule has 1 fully saturated rings. The first kappa shape index (κ1) is 14.0. The number of hydrogen-bond acceptors (Lipinski definition) is 2. The molecular weight excluding hydrogens is 314 g/mol. The van der Waals surface area contributed by atoms with Gasteiger partial charge in [-0.2, -0.15) is 4.31 Å². The van der Waals surface area contributed by atoms with E-state index < -0.39 is 10.0 Å². The largest absolute Gasteiger partial charge is 0.243 e. The first-order chi connectivity index (χ1) is 8.45. The van der Waals surface area contributed by atoms with Gasteiger partial charge in [0.25, 0.3) is 0 Å². The normalized spacial score (nSPS) is 16.2. The molecule has 1 saturated carbocycles. The van der Waals surface area contributed by atoms with Crippen LogP contribution >= 0.6 is 15.9 Å². The van der Waals surface area contributed by atoms with E-state index in [4.69, 9.17) is 0 Å². The van der Waals surface area contributed by atoms with E-state index in [-0.39, 0.29) is 0 Å². The minimum Gasteiger partial charge on any atom is -0.207 e. The van der Waals surface area contributed by atoms with Crippen LogP contribution < -0.4 is 0 Å². The van der Waals surface area contributed by atoms with Crippen LogP contribution in [0.3, 0.4) is 0 Å². The van der Waals surface area contributed by atoms with E-state index in [0.717, 1.165) is 22.9 Å².